The van der Waals surface area contributed by atoms with Crippen LogP contribution in [0.4, 0.5) is 0 Å². The van der Waals surface area contributed by atoms with Crippen LogP contribution in [-0.4, -0.2) is 43.0 Å². The first-order chi connectivity index (χ1) is 11.0. The molecule has 0 radical (unpaired) electrons. The minimum Gasteiger partial charge on any atom is -0.480 e. The first kappa shape index (κ1) is 15.3. The molecule has 0 spiro atoms. The lowest BCUT2D eigenvalue weighted by molar-refractivity contribution is -0.151. The van der Waals surface area contributed by atoms with Gasteiger partial charge in [-0.3, -0.25) is 4.79 Å². The Hall–Kier alpha value is -2.64. The Kier molecular flexibility index (Phi) is 3.89. The number of aryl methyl sites for hydroxylation is 2. The third-order valence-corrected chi connectivity index (χ3v) is 4.27. The number of aromatic nitrogens is 3. The molecule has 1 atom stereocenters. The summed E-state index contributed by atoms with van der Waals surface area (Å²) in [6, 6.07) is -0.872. The molecule has 3 rings (SSSR count). The van der Waals surface area contributed by atoms with E-state index in [0.29, 0.717) is 17.9 Å². The lowest BCUT2D eigenvalue weighted by Crippen LogP contribution is -2.48. The standard InChI is InChI=1S/C15H18N4O4/c1-8-10(9(2)23-18-8)3-4-14(20)19-6-12-11(16-7-17-12)5-13(19)15(21)22/h7,13H,3-6H2,1-2H3,(H,16,17)(H,21,22)/t13-/m1/s1. The van der Waals surface area contributed by atoms with Crippen LogP contribution in [0.25, 0.3) is 0 Å². The van der Waals surface area contributed by atoms with E-state index >= 15 is 0 Å². The van der Waals surface area contributed by atoms with Crippen molar-refractivity contribution in [3.05, 3.63) is 34.7 Å². The molecule has 0 unspecified atom stereocenters. The van der Waals surface area contributed by atoms with Crippen LogP contribution in [-0.2, 0) is 29.0 Å². The van der Waals surface area contributed by atoms with Crippen LogP contribution in [0.1, 0.15) is 34.8 Å². The first-order valence-corrected chi connectivity index (χ1v) is 7.42. The summed E-state index contributed by atoms with van der Waals surface area (Å²) in [4.78, 5) is 32.5. The molecule has 1 aliphatic heterocycles. The summed E-state index contributed by atoms with van der Waals surface area (Å²) in [6.45, 7) is 3.87. The van der Waals surface area contributed by atoms with Crippen LogP contribution in [0.3, 0.4) is 0 Å². The number of rotatable bonds is 4. The zero-order valence-electron chi connectivity index (χ0n) is 13.0. The van der Waals surface area contributed by atoms with E-state index in [1.807, 2.05) is 6.92 Å². The van der Waals surface area contributed by atoms with E-state index in [-0.39, 0.29) is 25.3 Å². The molecule has 2 N–H and O–H groups in total. The number of amides is 1. The van der Waals surface area contributed by atoms with Gasteiger partial charge in [-0.05, 0) is 20.3 Å². The average molecular weight is 318 g/mol. The quantitative estimate of drug-likeness (QED) is 0.869. The van der Waals surface area contributed by atoms with Crippen molar-refractivity contribution in [2.75, 3.05) is 0 Å². The van der Waals surface area contributed by atoms with Crippen LogP contribution in [0.5, 0.6) is 0 Å². The van der Waals surface area contributed by atoms with Gasteiger partial charge >= 0.3 is 5.97 Å². The molecule has 3 heterocycles. The molecule has 0 aliphatic carbocycles. The van der Waals surface area contributed by atoms with Crippen molar-refractivity contribution in [3.8, 4) is 0 Å². The van der Waals surface area contributed by atoms with E-state index in [2.05, 4.69) is 15.1 Å². The number of nitrogens with one attached hydrogen (secondary N) is 1. The summed E-state index contributed by atoms with van der Waals surface area (Å²) in [5.74, 6) is -0.512. The first-order valence-electron chi connectivity index (χ1n) is 7.42. The number of hydrogen-bond acceptors (Lipinski definition) is 5. The molecule has 1 aliphatic rings. The van der Waals surface area contributed by atoms with Gasteiger partial charge in [-0.15, -0.1) is 0 Å². The van der Waals surface area contributed by atoms with Crippen LogP contribution in [0.2, 0.25) is 0 Å². The van der Waals surface area contributed by atoms with Gasteiger partial charge in [-0.25, -0.2) is 9.78 Å². The molecule has 0 fully saturated rings. The van der Waals surface area contributed by atoms with Crippen LogP contribution >= 0.6 is 0 Å². The second-order valence-electron chi connectivity index (χ2n) is 5.71. The Morgan fingerprint density at radius 1 is 1.48 bits per heavy atom. The molecule has 0 aromatic carbocycles. The summed E-state index contributed by atoms with van der Waals surface area (Å²) >= 11 is 0. The largest absolute Gasteiger partial charge is 0.480 e. The van der Waals surface area contributed by atoms with Gasteiger partial charge in [-0.1, -0.05) is 5.16 Å². The highest BCUT2D eigenvalue weighted by Gasteiger charge is 2.35. The van der Waals surface area contributed by atoms with E-state index < -0.39 is 12.0 Å². The number of carboxylic acids is 1. The van der Waals surface area contributed by atoms with E-state index in [1.54, 1.807) is 6.92 Å². The van der Waals surface area contributed by atoms with Crippen molar-refractivity contribution in [2.45, 2.75) is 45.7 Å². The topological polar surface area (TPSA) is 112 Å². The fourth-order valence-electron chi connectivity index (χ4n) is 2.95. The number of carbonyl (C=O) groups is 2. The summed E-state index contributed by atoms with van der Waals surface area (Å²) < 4.78 is 5.09. The van der Waals surface area contributed by atoms with Gasteiger partial charge in [0.05, 0.1) is 30.0 Å². The van der Waals surface area contributed by atoms with Gasteiger partial charge in [0.25, 0.3) is 0 Å². The highest BCUT2D eigenvalue weighted by atomic mass is 16.5. The third-order valence-electron chi connectivity index (χ3n) is 4.27. The Morgan fingerprint density at radius 3 is 2.91 bits per heavy atom. The molecule has 0 bridgehead atoms. The number of carboxylic acid groups (broad SMARTS) is 1. The van der Waals surface area contributed by atoms with E-state index in [0.717, 1.165) is 17.0 Å². The van der Waals surface area contributed by atoms with Gasteiger partial charge in [0, 0.05) is 18.4 Å². The number of hydrogen-bond donors (Lipinski definition) is 2. The van der Waals surface area contributed by atoms with Crippen molar-refractivity contribution in [1.29, 1.82) is 0 Å². The van der Waals surface area contributed by atoms with Crippen LogP contribution in [0, 0.1) is 13.8 Å². The fraction of sp³-hybridized carbons (Fsp3) is 0.467. The van der Waals surface area contributed by atoms with E-state index in [9.17, 15) is 14.7 Å². The molecule has 8 nitrogen and oxygen atoms in total. The molecule has 0 saturated heterocycles. The smallest absolute Gasteiger partial charge is 0.326 e. The van der Waals surface area contributed by atoms with Crippen molar-refractivity contribution in [1.82, 2.24) is 20.0 Å². The maximum absolute atomic E-state index is 12.5. The normalized spacial score (nSPS) is 17.1. The Bertz CT molecular complexity index is 729. The molecule has 2 aromatic rings. The predicted octanol–water partition coefficient (Wildman–Crippen LogP) is 0.985. The van der Waals surface area contributed by atoms with Crippen molar-refractivity contribution in [3.63, 3.8) is 0 Å². The number of imidazole rings is 1. The molecule has 122 valence electrons. The number of carbonyl (C=O) groups excluding carboxylic acids is 1. The SMILES string of the molecule is Cc1noc(C)c1CCC(=O)N1Cc2[nH]cnc2C[C@@H]1C(=O)O. The Morgan fingerprint density at radius 2 is 2.26 bits per heavy atom. The highest BCUT2D eigenvalue weighted by Crippen LogP contribution is 2.23. The lowest BCUT2D eigenvalue weighted by atomic mass is 10.0. The number of aliphatic carboxylic acids is 1. The summed E-state index contributed by atoms with van der Waals surface area (Å²) in [5, 5.41) is 13.3. The van der Waals surface area contributed by atoms with E-state index in [1.165, 1.54) is 11.2 Å². The Balaban J connectivity index is 1.74. The maximum atomic E-state index is 12.5. The van der Waals surface area contributed by atoms with Crippen molar-refractivity contribution < 1.29 is 19.2 Å². The van der Waals surface area contributed by atoms with Crippen LogP contribution < -0.4 is 0 Å². The number of aromatic amines is 1. The summed E-state index contributed by atoms with van der Waals surface area (Å²) in [6.07, 6.45) is 2.46. The van der Waals surface area contributed by atoms with Gasteiger partial charge in [0.1, 0.15) is 11.8 Å². The zero-order chi connectivity index (χ0) is 16.6. The second-order valence-corrected chi connectivity index (χ2v) is 5.71. The Labute approximate surface area is 132 Å². The van der Waals surface area contributed by atoms with Crippen molar-refractivity contribution >= 4 is 11.9 Å². The van der Waals surface area contributed by atoms with Crippen LogP contribution in [0.15, 0.2) is 10.9 Å². The number of nitrogens with zero attached hydrogens (tertiary/aromatic N) is 3. The van der Waals surface area contributed by atoms with E-state index in [4.69, 9.17) is 4.52 Å². The molecule has 0 saturated carbocycles. The summed E-state index contributed by atoms with van der Waals surface area (Å²) in [7, 11) is 0. The lowest BCUT2D eigenvalue weighted by Gasteiger charge is -2.32. The minimum absolute atomic E-state index is 0.197. The molecular formula is C15H18N4O4. The summed E-state index contributed by atoms with van der Waals surface area (Å²) in [5.41, 5.74) is 3.18. The molecule has 23 heavy (non-hydrogen) atoms. The van der Waals surface area contributed by atoms with Gasteiger partial charge in [0.15, 0.2) is 0 Å². The minimum atomic E-state index is -1.01. The highest BCUT2D eigenvalue weighted by molar-refractivity contribution is 5.84. The maximum Gasteiger partial charge on any atom is 0.326 e. The molecule has 2 aromatic heterocycles. The van der Waals surface area contributed by atoms with Crippen molar-refractivity contribution in [2.24, 2.45) is 0 Å². The zero-order valence-corrected chi connectivity index (χ0v) is 13.0. The van der Waals surface area contributed by atoms with Gasteiger partial charge < -0.3 is 19.5 Å². The third kappa shape index (κ3) is 2.84. The molecule has 1 amide bonds. The predicted molar refractivity (Wildman–Crippen MR) is 78.6 cm³/mol. The monoisotopic (exact) mass is 318 g/mol. The molecular weight excluding hydrogens is 300 g/mol. The second kappa shape index (κ2) is 5.86. The number of H-pyrrole nitrogens is 1. The average Bonchev–Trinajstić information content (AvgIpc) is 3.10. The van der Waals surface area contributed by atoms with Gasteiger partial charge in [-0.2, -0.15) is 0 Å². The fourth-order valence-corrected chi connectivity index (χ4v) is 2.95. The number of fused-ring (bicyclic) bond motifs is 1. The van der Waals surface area contributed by atoms with Gasteiger partial charge in [0.2, 0.25) is 5.91 Å². The molecule has 8 heteroatoms.